The molecule has 3 nitrogen and oxygen atoms in total. The number of benzene rings is 1. The van der Waals surface area contributed by atoms with Crippen molar-refractivity contribution in [2.45, 2.75) is 38.7 Å². The lowest BCUT2D eigenvalue weighted by Gasteiger charge is -2.23. The van der Waals surface area contributed by atoms with Crippen molar-refractivity contribution in [2.24, 2.45) is 0 Å². The average molecular weight is 288 g/mol. The minimum absolute atomic E-state index is 0.134. The van der Waals surface area contributed by atoms with Crippen molar-refractivity contribution in [3.63, 3.8) is 0 Å². The molecule has 1 saturated heterocycles. The first-order valence-electron chi connectivity index (χ1n) is 6.71. The third kappa shape index (κ3) is 4.03. The maximum atomic E-state index is 12.4. The summed E-state index contributed by atoms with van der Waals surface area (Å²) < 4.78 is 41.3. The van der Waals surface area contributed by atoms with Gasteiger partial charge in [0.15, 0.2) is 5.75 Å². The van der Waals surface area contributed by atoms with Crippen molar-refractivity contribution >= 4 is 5.69 Å². The summed E-state index contributed by atoms with van der Waals surface area (Å²) >= 11 is 0. The number of nitrogens with one attached hydrogen (secondary N) is 1. The molecule has 2 rings (SSSR count). The third-order valence-corrected chi connectivity index (χ3v) is 3.19. The molecule has 0 aromatic heterocycles. The predicted octanol–water partition coefficient (Wildman–Crippen LogP) is 3.16. The van der Waals surface area contributed by atoms with E-state index in [0.29, 0.717) is 24.3 Å². The van der Waals surface area contributed by atoms with Gasteiger partial charge in [0, 0.05) is 25.2 Å². The standard InChI is InChI=1S/C14H19F3N2O/c1-10(2)18-11-7-8-19(9-11)12-5-3-4-6-13(12)20-14(15,16)17/h3-6,10-11,18H,7-9H2,1-2H3. The van der Waals surface area contributed by atoms with Gasteiger partial charge in [0.2, 0.25) is 0 Å². The van der Waals surface area contributed by atoms with Crippen LogP contribution < -0.4 is 15.0 Å². The number of alkyl halides is 3. The molecule has 0 bridgehead atoms. The summed E-state index contributed by atoms with van der Waals surface area (Å²) in [6.45, 7) is 5.53. The van der Waals surface area contributed by atoms with Gasteiger partial charge in [-0.15, -0.1) is 13.2 Å². The number of hydrogen-bond acceptors (Lipinski definition) is 3. The van der Waals surface area contributed by atoms with E-state index >= 15 is 0 Å². The summed E-state index contributed by atoms with van der Waals surface area (Å²) in [5.74, 6) is -0.134. The Bertz CT molecular complexity index is 448. The van der Waals surface area contributed by atoms with Crippen LogP contribution in [0.15, 0.2) is 24.3 Å². The second kappa shape index (κ2) is 5.91. The summed E-state index contributed by atoms with van der Waals surface area (Å²) in [7, 11) is 0. The van der Waals surface area contributed by atoms with Crippen LogP contribution in [0.25, 0.3) is 0 Å². The normalized spacial score (nSPS) is 19.7. The molecule has 1 N–H and O–H groups in total. The van der Waals surface area contributed by atoms with Gasteiger partial charge in [0.1, 0.15) is 0 Å². The Balaban J connectivity index is 2.10. The zero-order valence-corrected chi connectivity index (χ0v) is 11.6. The minimum atomic E-state index is -4.66. The van der Waals surface area contributed by atoms with Crippen LogP contribution in [0.4, 0.5) is 18.9 Å². The maximum Gasteiger partial charge on any atom is 0.573 e. The smallest absolute Gasteiger partial charge is 0.404 e. The van der Waals surface area contributed by atoms with Crippen molar-refractivity contribution in [2.75, 3.05) is 18.0 Å². The largest absolute Gasteiger partial charge is 0.573 e. The molecule has 1 aromatic carbocycles. The Morgan fingerprint density at radius 2 is 2.00 bits per heavy atom. The summed E-state index contributed by atoms with van der Waals surface area (Å²) in [4.78, 5) is 1.93. The van der Waals surface area contributed by atoms with Crippen molar-refractivity contribution in [3.05, 3.63) is 24.3 Å². The Kier molecular flexibility index (Phi) is 4.42. The van der Waals surface area contributed by atoms with E-state index in [0.717, 1.165) is 13.0 Å². The Morgan fingerprint density at radius 1 is 1.30 bits per heavy atom. The first-order valence-corrected chi connectivity index (χ1v) is 6.71. The van der Waals surface area contributed by atoms with Gasteiger partial charge in [0.05, 0.1) is 5.69 Å². The van der Waals surface area contributed by atoms with Gasteiger partial charge in [-0.3, -0.25) is 0 Å². The summed E-state index contributed by atoms with van der Waals surface area (Å²) in [6.07, 6.45) is -3.75. The molecule has 1 aliphatic heterocycles. The van der Waals surface area contributed by atoms with E-state index in [-0.39, 0.29) is 5.75 Å². The number of ether oxygens (including phenoxy) is 1. The first-order chi connectivity index (χ1) is 9.35. The van der Waals surface area contributed by atoms with Crippen LogP contribution in [0.3, 0.4) is 0 Å². The lowest BCUT2D eigenvalue weighted by Crippen LogP contribution is -2.37. The highest BCUT2D eigenvalue weighted by Gasteiger charge is 2.33. The predicted molar refractivity (Wildman–Crippen MR) is 72.0 cm³/mol. The molecule has 1 aliphatic rings. The monoisotopic (exact) mass is 288 g/mol. The Labute approximate surface area is 116 Å². The van der Waals surface area contributed by atoms with E-state index in [2.05, 4.69) is 23.9 Å². The molecule has 1 fully saturated rings. The van der Waals surface area contributed by atoms with Crippen LogP contribution in [0, 0.1) is 0 Å². The molecule has 6 heteroatoms. The van der Waals surface area contributed by atoms with Gasteiger partial charge in [-0.25, -0.2) is 0 Å². The molecule has 1 atom stereocenters. The van der Waals surface area contributed by atoms with Gasteiger partial charge in [-0.05, 0) is 18.6 Å². The molecule has 0 aliphatic carbocycles. The van der Waals surface area contributed by atoms with Crippen LogP contribution >= 0.6 is 0 Å². The van der Waals surface area contributed by atoms with Crippen LogP contribution in [-0.4, -0.2) is 31.5 Å². The van der Waals surface area contributed by atoms with E-state index in [1.165, 1.54) is 6.07 Å². The number of para-hydroxylation sites is 2. The van der Waals surface area contributed by atoms with Gasteiger partial charge in [0.25, 0.3) is 0 Å². The van der Waals surface area contributed by atoms with Crippen molar-refractivity contribution in [1.82, 2.24) is 5.32 Å². The van der Waals surface area contributed by atoms with Crippen LogP contribution in [0.5, 0.6) is 5.75 Å². The number of nitrogens with zero attached hydrogens (tertiary/aromatic N) is 1. The molecule has 1 aromatic rings. The number of hydrogen-bond donors (Lipinski definition) is 1. The molecule has 0 amide bonds. The van der Waals surface area contributed by atoms with E-state index in [1.54, 1.807) is 18.2 Å². The van der Waals surface area contributed by atoms with Gasteiger partial charge < -0.3 is 15.0 Å². The molecule has 1 heterocycles. The van der Waals surface area contributed by atoms with Gasteiger partial charge in [-0.2, -0.15) is 0 Å². The fraction of sp³-hybridized carbons (Fsp3) is 0.571. The van der Waals surface area contributed by atoms with Crippen LogP contribution in [0.1, 0.15) is 20.3 Å². The highest BCUT2D eigenvalue weighted by atomic mass is 19.4. The van der Waals surface area contributed by atoms with E-state index in [4.69, 9.17) is 0 Å². The number of halogens is 3. The van der Waals surface area contributed by atoms with Crippen molar-refractivity contribution < 1.29 is 17.9 Å². The fourth-order valence-electron chi connectivity index (χ4n) is 2.52. The second-order valence-corrected chi connectivity index (χ2v) is 5.27. The lowest BCUT2D eigenvalue weighted by molar-refractivity contribution is -0.274. The van der Waals surface area contributed by atoms with Gasteiger partial charge >= 0.3 is 6.36 Å². The first kappa shape index (κ1) is 15.0. The summed E-state index contributed by atoms with van der Waals surface area (Å²) in [5.41, 5.74) is 0.498. The minimum Gasteiger partial charge on any atom is -0.404 e. The molecular weight excluding hydrogens is 269 g/mol. The molecule has 0 spiro atoms. The number of rotatable bonds is 4. The van der Waals surface area contributed by atoms with E-state index < -0.39 is 6.36 Å². The summed E-state index contributed by atoms with van der Waals surface area (Å²) in [5, 5.41) is 3.40. The fourth-order valence-corrected chi connectivity index (χ4v) is 2.52. The summed E-state index contributed by atoms with van der Waals surface area (Å²) in [6, 6.07) is 6.95. The van der Waals surface area contributed by atoms with E-state index in [9.17, 15) is 13.2 Å². The zero-order chi connectivity index (χ0) is 14.8. The SMILES string of the molecule is CC(C)NC1CCN(c2ccccc2OC(F)(F)F)C1. The zero-order valence-electron chi connectivity index (χ0n) is 11.6. The lowest BCUT2D eigenvalue weighted by atomic mass is 10.2. The van der Waals surface area contributed by atoms with Crippen LogP contribution in [-0.2, 0) is 0 Å². The topological polar surface area (TPSA) is 24.5 Å². The van der Waals surface area contributed by atoms with E-state index in [1.807, 2.05) is 4.90 Å². The Morgan fingerprint density at radius 3 is 2.65 bits per heavy atom. The highest BCUT2D eigenvalue weighted by molar-refractivity contribution is 5.59. The molecule has 0 radical (unpaired) electrons. The molecule has 20 heavy (non-hydrogen) atoms. The molecule has 0 saturated carbocycles. The molecular formula is C14H19F3N2O. The third-order valence-electron chi connectivity index (χ3n) is 3.19. The highest BCUT2D eigenvalue weighted by Crippen LogP contribution is 2.34. The van der Waals surface area contributed by atoms with Crippen molar-refractivity contribution in [1.29, 1.82) is 0 Å². The number of anilines is 1. The molecule has 112 valence electrons. The average Bonchev–Trinajstić information content (AvgIpc) is 2.75. The Hall–Kier alpha value is -1.43. The quantitative estimate of drug-likeness (QED) is 0.921. The van der Waals surface area contributed by atoms with Gasteiger partial charge in [-0.1, -0.05) is 26.0 Å². The maximum absolute atomic E-state index is 12.4. The molecule has 1 unspecified atom stereocenters. The second-order valence-electron chi connectivity index (χ2n) is 5.27. The van der Waals surface area contributed by atoms with Crippen LogP contribution in [0.2, 0.25) is 0 Å². The van der Waals surface area contributed by atoms with Crippen molar-refractivity contribution in [3.8, 4) is 5.75 Å².